The molecule has 13 heteroatoms. The molecule has 1 aromatic heterocycles. The molecule has 0 saturated carbocycles. The number of aryl methyl sites for hydroxylation is 1. The van der Waals surface area contributed by atoms with Crippen molar-refractivity contribution >= 4 is 27.7 Å². The summed E-state index contributed by atoms with van der Waals surface area (Å²) in [4.78, 5) is 25.8. The highest BCUT2D eigenvalue weighted by molar-refractivity contribution is 7.90. The Hall–Kier alpha value is -4.72. The molecule has 3 atom stereocenters. The molecule has 5 rings (SSSR count). The first-order valence-corrected chi connectivity index (χ1v) is 16.8. The molecule has 46 heavy (non-hydrogen) atoms. The average molecular weight is 648 g/mol. The molecule has 1 aliphatic heterocycles. The Labute approximate surface area is 267 Å². The minimum absolute atomic E-state index is 0.129. The maximum Gasteiger partial charge on any atom is 0.405 e. The van der Waals surface area contributed by atoms with E-state index >= 15 is 0 Å². The second-order valence-electron chi connectivity index (χ2n) is 11.1. The number of carbonyl (C=O) groups is 2. The number of hydrogen-bond acceptors (Lipinski definition) is 8. The molecule has 2 amide bonds. The number of anilines is 1. The van der Waals surface area contributed by atoms with Crippen LogP contribution in [0.25, 0.3) is 0 Å². The number of sulfone groups is 1. The minimum Gasteiger partial charge on any atom is -0.491 e. The van der Waals surface area contributed by atoms with E-state index in [1.807, 2.05) is 60.7 Å². The standard InChI is InChI=1S/C33H37N5O7S/c1-46(42,43)28-16-14-25(15-17-28)44-21-27-20-34-19-26(45-27)13-12-24-18-35-38-31(24)37-32(39)30(36-33(40)41)29(22-8-4-2-5-9-22)23-10-6-3-7-11-23/h2-11,14-18,26-27,29-30,34,36H,12-13,19-21H2,1H3,(H,40,41)(H2,35,37,38,39)/t26-,27+,30?/m1/s1. The Balaban J connectivity index is 1.21. The van der Waals surface area contributed by atoms with Crippen molar-refractivity contribution in [2.75, 3.05) is 31.3 Å². The van der Waals surface area contributed by atoms with Crippen molar-refractivity contribution < 1.29 is 32.6 Å². The van der Waals surface area contributed by atoms with Crippen LogP contribution in [0, 0.1) is 0 Å². The fourth-order valence-corrected chi connectivity index (χ4v) is 6.10. The molecule has 1 saturated heterocycles. The first-order valence-electron chi connectivity index (χ1n) is 14.9. The Bertz CT molecular complexity index is 1660. The Morgan fingerprint density at radius 3 is 2.22 bits per heavy atom. The van der Waals surface area contributed by atoms with E-state index in [-0.39, 0.29) is 23.7 Å². The van der Waals surface area contributed by atoms with Gasteiger partial charge in [-0.05, 0) is 48.2 Å². The highest BCUT2D eigenvalue weighted by Gasteiger charge is 2.33. The third kappa shape index (κ3) is 8.71. The number of amides is 2. The van der Waals surface area contributed by atoms with Crippen LogP contribution in [0.5, 0.6) is 5.75 Å². The molecular formula is C33H37N5O7S. The van der Waals surface area contributed by atoms with Crippen LogP contribution >= 0.6 is 0 Å². The predicted octanol–water partition coefficient (Wildman–Crippen LogP) is 3.59. The molecule has 0 bridgehead atoms. The van der Waals surface area contributed by atoms with Gasteiger partial charge < -0.3 is 30.5 Å². The van der Waals surface area contributed by atoms with Gasteiger partial charge in [-0.15, -0.1) is 0 Å². The molecule has 4 aromatic rings. The van der Waals surface area contributed by atoms with Gasteiger partial charge in [0.15, 0.2) is 9.84 Å². The second kappa shape index (κ2) is 15.0. The first kappa shape index (κ1) is 32.7. The molecule has 0 spiro atoms. The number of H-pyrrole nitrogens is 1. The highest BCUT2D eigenvalue weighted by Crippen LogP contribution is 2.29. The number of benzene rings is 3. The van der Waals surface area contributed by atoms with Crippen molar-refractivity contribution in [3.63, 3.8) is 0 Å². The van der Waals surface area contributed by atoms with Crippen LogP contribution < -0.4 is 20.7 Å². The molecule has 1 aliphatic rings. The van der Waals surface area contributed by atoms with Crippen LogP contribution in [-0.4, -0.2) is 79.9 Å². The number of ether oxygens (including phenoxy) is 2. The van der Waals surface area contributed by atoms with Crippen molar-refractivity contribution in [3.05, 3.63) is 108 Å². The summed E-state index contributed by atoms with van der Waals surface area (Å²) in [6, 6.07) is 23.8. The van der Waals surface area contributed by atoms with Gasteiger partial charge in [-0.25, -0.2) is 13.2 Å². The van der Waals surface area contributed by atoms with E-state index in [9.17, 15) is 23.1 Å². The summed E-state index contributed by atoms with van der Waals surface area (Å²) in [6.07, 6.45) is 2.31. The van der Waals surface area contributed by atoms with Crippen LogP contribution in [0.3, 0.4) is 0 Å². The summed E-state index contributed by atoms with van der Waals surface area (Å²) in [5, 5.41) is 25.3. The normalized spacial score (nSPS) is 17.3. The molecule has 1 unspecified atom stereocenters. The Kier molecular flexibility index (Phi) is 10.7. The molecule has 12 nitrogen and oxygen atoms in total. The largest absolute Gasteiger partial charge is 0.491 e. The first-order chi connectivity index (χ1) is 22.2. The lowest BCUT2D eigenvalue weighted by Gasteiger charge is -2.31. The summed E-state index contributed by atoms with van der Waals surface area (Å²) in [5.41, 5.74) is 2.34. The van der Waals surface area contributed by atoms with E-state index in [1.54, 1.807) is 18.3 Å². The maximum absolute atomic E-state index is 13.7. The van der Waals surface area contributed by atoms with E-state index < -0.39 is 33.8 Å². The van der Waals surface area contributed by atoms with Gasteiger partial charge in [-0.2, -0.15) is 5.10 Å². The number of aromatic amines is 1. The predicted molar refractivity (Wildman–Crippen MR) is 172 cm³/mol. The summed E-state index contributed by atoms with van der Waals surface area (Å²) in [6.45, 7) is 1.53. The van der Waals surface area contributed by atoms with E-state index in [0.717, 1.165) is 22.9 Å². The minimum atomic E-state index is -3.28. The zero-order chi connectivity index (χ0) is 32.5. The van der Waals surface area contributed by atoms with Crippen molar-refractivity contribution in [3.8, 4) is 5.75 Å². The number of aromatic nitrogens is 2. The third-order valence-corrected chi connectivity index (χ3v) is 8.86. The lowest BCUT2D eigenvalue weighted by molar-refractivity contribution is -0.118. The van der Waals surface area contributed by atoms with Gasteiger partial charge in [-0.1, -0.05) is 60.7 Å². The molecule has 5 N–H and O–H groups in total. The number of nitrogens with zero attached hydrogens (tertiary/aromatic N) is 1. The van der Waals surface area contributed by atoms with Crippen LogP contribution in [0.4, 0.5) is 10.6 Å². The van der Waals surface area contributed by atoms with E-state index in [0.29, 0.717) is 37.5 Å². The van der Waals surface area contributed by atoms with Gasteiger partial charge in [0.2, 0.25) is 5.91 Å². The number of hydrogen-bond donors (Lipinski definition) is 5. The lowest BCUT2D eigenvalue weighted by atomic mass is 9.84. The quantitative estimate of drug-likeness (QED) is 0.145. The Morgan fingerprint density at radius 2 is 1.61 bits per heavy atom. The van der Waals surface area contributed by atoms with Crippen molar-refractivity contribution in [2.45, 2.75) is 41.9 Å². The number of nitrogens with one attached hydrogen (secondary N) is 4. The average Bonchev–Trinajstić information content (AvgIpc) is 3.50. The molecular weight excluding hydrogens is 610 g/mol. The van der Waals surface area contributed by atoms with Gasteiger partial charge in [0.25, 0.3) is 0 Å². The van der Waals surface area contributed by atoms with Crippen LogP contribution in [0.2, 0.25) is 0 Å². The monoisotopic (exact) mass is 647 g/mol. The lowest BCUT2D eigenvalue weighted by Crippen LogP contribution is -2.47. The molecule has 242 valence electrons. The number of morpholine rings is 1. The molecule has 3 aromatic carbocycles. The van der Waals surface area contributed by atoms with Gasteiger partial charge >= 0.3 is 6.09 Å². The van der Waals surface area contributed by atoms with Crippen molar-refractivity contribution in [2.24, 2.45) is 0 Å². The number of carboxylic acid groups (broad SMARTS) is 1. The van der Waals surface area contributed by atoms with Crippen molar-refractivity contribution in [1.29, 1.82) is 0 Å². The third-order valence-electron chi connectivity index (χ3n) is 7.73. The van der Waals surface area contributed by atoms with Gasteiger partial charge in [0, 0.05) is 30.8 Å². The van der Waals surface area contributed by atoms with E-state index in [2.05, 4.69) is 26.1 Å². The molecule has 2 heterocycles. The van der Waals surface area contributed by atoms with Gasteiger partial charge in [0.1, 0.15) is 30.3 Å². The molecule has 1 fully saturated rings. The molecule has 0 radical (unpaired) electrons. The Morgan fingerprint density at radius 1 is 0.978 bits per heavy atom. The smallest absolute Gasteiger partial charge is 0.405 e. The number of rotatable bonds is 13. The van der Waals surface area contributed by atoms with Gasteiger partial charge in [0.05, 0.1) is 17.2 Å². The second-order valence-corrected chi connectivity index (χ2v) is 13.1. The van der Waals surface area contributed by atoms with E-state index in [1.165, 1.54) is 12.1 Å². The topological polar surface area (TPSA) is 172 Å². The fourth-order valence-electron chi connectivity index (χ4n) is 5.47. The highest BCUT2D eigenvalue weighted by atomic mass is 32.2. The summed E-state index contributed by atoms with van der Waals surface area (Å²) in [5.74, 6) is -0.163. The maximum atomic E-state index is 13.7. The number of carbonyl (C=O) groups excluding carboxylic acids is 1. The fraction of sp³-hybridized carbons (Fsp3) is 0.303. The summed E-state index contributed by atoms with van der Waals surface area (Å²) < 4.78 is 35.5. The zero-order valence-electron chi connectivity index (χ0n) is 25.3. The van der Waals surface area contributed by atoms with Crippen LogP contribution in [0.1, 0.15) is 29.0 Å². The van der Waals surface area contributed by atoms with Crippen molar-refractivity contribution in [1.82, 2.24) is 20.8 Å². The SMILES string of the molecule is CS(=O)(=O)c1ccc(OC[C@@H]2CNC[C@@H](CCc3cn[nH]c3NC(=O)C(NC(=O)O)C(c3ccccc3)c3ccccc3)O2)cc1. The molecule has 0 aliphatic carbocycles. The van der Waals surface area contributed by atoms with Crippen LogP contribution in [-0.2, 0) is 25.8 Å². The summed E-state index contributed by atoms with van der Waals surface area (Å²) in [7, 11) is -3.28. The van der Waals surface area contributed by atoms with E-state index in [4.69, 9.17) is 9.47 Å². The summed E-state index contributed by atoms with van der Waals surface area (Å²) >= 11 is 0. The zero-order valence-corrected chi connectivity index (χ0v) is 26.1. The van der Waals surface area contributed by atoms with Gasteiger partial charge in [-0.3, -0.25) is 9.89 Å². The van der Waals surface area contributed by atoms with Crippen LogP contribution in [0.15, 0.2) is 96.0 Å².